The van der Waals surface area contributed by atoms with Crippen molar-refractivity contribution in [3.05, 3.63) is 0 Å². The van der Waals surface area contributed by atoms with Gasteiger partial charge in [-0.05, 0) is 26.2 Å². The van der Waals surface area contributed by atoms with E-state index in [9.17, 15) is 18.0 Å². The normalized spacial score (nSPS) is 29.6. The molecule has 1 saturated heterocycles. The van der Waals surface area contributed by atoms with Crippen LogP contribution in [0.4, 0.5) is 13.2 Å². The molecule has 1 amide bonds. The maximum absolute atomic E-state index is 12.7. The fourth-order valence-electron chi connectivity index (χ4n) is 2.71. The van der Waals surface area contributed by atoms with Gasteiger partial charge in [0.25, 0.3) is 0 Å². The lowest BCUT2D eigenvalue weighted by Crippen LogP contribution is -2.59. The molecule has 2 unspecified atom stereocenters. The van der Waals surface area contributed by atoms with Crippen molar-refractivity contribution >= 4 is 5.91 Å². The number of amides is 1. The molecule has 20 heavy (non-hydrogen) atoms. The maximum Gasteiger partial charge on any atom is 0.391 e. The van der Waals surface area contributed by atoms with Crippen molar-refractivity contribution in [2.24, 2.45) is 5.92 Å². The van der Waals surface area contributed by atoms with Crippen molar-refractivity contribution in [3.8, 4) is 0 Å². The summed E-state index contributed by atoms with van der Waals surface area (Å²) >= 11 is 0. The Morgan fingerprint density at radius 1 is 1.40 bits per heavy atom. The van der Waals surface area contributed by atoms with E-state index in [-0.39, 0.29) is 31.0 Å². The molecule has 7 heteroatoms. The first-order valence-corrected chi connectivity index (χ1v) is 6.99. The second-order valence-electron chi connectivity index (χ2n) is 6.01. The summed E-state index contributed by atoms with van der Waals surface area (Å²) in [6.45, 7) is 3.20. The molecule has 2 N–H and O–H groups in total. The van der Waals surface area contributed by atoms with Gasteiger partial charge in [0.2, 0.25) is 5.91 Å². The molecule has 0 bridgehead atoms. The van der Waals surface area contributed by atoms with Crippen LogP contribution in [-0.4, -0.2) is 43.4 Å². The monoisotopic (exact) mass is 294 g/mol. The van der Waals surface area contributed by atoms with Gasteiger partial charge in [-0.2, -0.15) is 13.2 Å². The predicted molar refractivity (Wildman–Crippen MR) is 67.2 cm³/mol. The number of alkyl halides is 3. The Labute approximate surface area is 116 Å². The zero-order valence-electron chi connectivity index (χ0n) is 11.6. The molecule has 1 aliphatic carbocycles. The van der Waals surface area contributed by atoms with Crippen LogP contribution in [0.15, 0.2) is 0 Å². The van der Waals surface area contributed by atoms with E-state index in [0.29, 0.717) is 25.9 Å². The van der Waals surface area contributed by atoms with Crippen molar-refractivity contribution in [2.45, 2.75) is 50.4 Å². The minimum absolute atomic E-state index is 0.0198. The Kier molecular flexibility index (Phi) is 4.59. The third-order valence-corrected chi connectivity index (χ3v) is 4.05. The van der Waals surface area contributed by atoms with Crippen LogP contribution in [0.5, 0.6) is 0 Å². The Morgan fingerprint density at radius 3 is 2.65 bits per heavy atom. The van der Waals surface area contributed by atoms with Gasteiger partial charge in [-0.1, -0.05) is 6.42 Å². The van der Waals surface area contributed by atoms with Gasteiger partial charge in [-0.3, -0.25) is 4.79 Å². The lowest BCUT2D eigenvalue weighted by Gasteiger charge is -2.39. The molecule has 0 spiro atoms. The van der Waals surface area contributed by atoms with Crippen molar-refractivity contribution < 1.29 is 22.7 Å². The number of hydrogen-bond acceptors (Lipinski definition) is 3. The van der Waals surface area contributed by atoms with Gasteiger partial charge < -0.3 is 15.4 Å². The summed E-state index contributed by atoms with van der Waals surface area (Å²) in [6.07, 6.45) is -2.91. The Morgan fingerprint density at radius 2 is 2.10 bits per heavy atom. The molecule has 1 heterocycles. The lowest BCUT2D eigenvalue weighted by molar-refractivity contribution is -0.184. The summed E-state index contributed by atoms with van der Waals surface area (Å²) in [6, 6.07) is -0.390. The molecule has 2 rings (SSSR count). The largest absolute Gasteiger partial charge is 0.391 e. The lowest BCUT2D eigenvalue weighted by atomic mass is 9.85. The molecular weight excluding hydrogens is 273 g/mol. The summed E-state index contributed by atoms with van der Waals surface area (Å²) in [5.74, 6) is -1.62. The quantitative estimate of drug-likeness (QED) is 0.828. The van der Waals surface area contributed by atoms with Crippen LogP contribution >= 0.6 is 0 Å². The Hall–Kier alpha value is -0.820. The van der Waals surface area contributed by atoms with E-state index >= 15 is 0 Å². The molecule has 0 aromatic heterocycles. The molecule has 2 atom stereocenters. The first-order valence-electron chi connectivity index (χ1n) is 6.99. The van der Waals surface area contributed by atoms with Crippen LogP contribution < -0.4 is 10.6 Å². The second kappa shape index (κ2) is 5.89. The number of halogens is 3. The van der Waals surface area contributed by atoms with Gasteiger partial charge in [0.05, 0.1) is 11.5 Å². The molecule has 116 valence electrons. The van der Waals surface area contributed by atoms with E-state index in [1.807, 2.05) is 6.92 Å². The van der Waals surface area contributed by atoms with E-state index in [1.54, 1.807) is 0 Å². The summed E-state index contributed by atoms with van der Waals surface area (Å²) in [5, 5.41) is 5.70. The second-order valence-corrected chi connectivity index (χ2v) is 6.01. The molecule has 0 aromatic carbocycles. The summed E-state index contributed by atoms with van der Waals surface area (Å²) < 4.78 is 43.5. The van der Waals surface area contributed by atoms with Crippen LogP contribution in [0.1, 0.15) is 32.6 Å². The van der Waals surface area contributed by atoms with E-state index in [2.05, 4.69) is 10.6 Å². The molecule has 2 aliphatic rings. The van der Waals surface area contributed by atoms with Gasteiger partial charge >= 0.3 is 6.18 Å². The van der Waals surface area contributed by atoms with E-state index < -0.39 is 18.1 Å². The Balaban J connectivity index is 1.73. The van der Waals surface area contributed by atoms with Gasteiger partial charge in [0.15, 0.2) is 0 Å². The topological polar surface area (TPSA) is 50.4 Å². The number of nitrogens with one attached hydrogen (secondary N) is 2. The molecule has 1 saturated carbocycles. The van der Waals surface area contributed by atoms with Crippen molar-refractivity contribution in [1.82, 2.24) is 10.6 Å². The molecule has 0 radical (unpaired) electrons. The summed E-state index contributed by atoms with van der Waals surface area (Å²) in [5.41, 5.74) is -0.321. The number of rotatable bonds is 4. The number of hydrogen-bond donors (Lipinski definition) is 2. The van der Waals surface area contributed by atoms with Crippen molar-refractivity contribution in [3.63, 3.8) is 0 Å². The average Bonchev–Trinajstić information content (AvgIpc) is 2.33. The van der Waals surface area contributed by atoms with Crippen LogP contribution in [0.25, 0.3) is 0 Å². The van der Waals surface area contributed by atoms with E-state index in [4.69, 9.17) is 4.74 Å². The fourth-order valence-corrected chi connectivity index (χ4v) is 2.71. The van der Waals surface area contributed by atoms with Gasteiger partial charge in [0, 0.05) is 19.1 Å². The molecule has 0 aromatic rings. The SMILES string of the molecule is CC1(OCC(=O)NC2CCCC(C(F)(F)F)C2)CNC1. The van der Waals surface area contributed by atoms with Crippen LogP contribution in [0, 0.1) is 5.92 Å². The summed E-state index contributed by atoms with van der Waals surface area (Å²) in [4.78, 5) is 11.7. The standard InChI is InChI=1S/C13H21F3N2O2/c1-12(7-17-8-12)20-6-11(19)18-10-4-2-3-9(5-10)13(14,15)16/h9-10,17H,2-8H2,1H3,(H,18,19). The number of carbonyl (C=O) groups excluding carboxylic acids is 1. The first-order chi connectivity index (χ1) is 9.28. The summed E-state index contributed by atoms with van der Waals surface area (Å²) in [7, 11) is 0. The highest BCUT2D eigenvalue weighted by atomic mass is 19.4. The Bertz CT molecular complexity index is 356. The number of ether oxygens (including phenoxy) is 1. The minimum atomic E-state index is -4.16. The van der Waals surface area contributed by atoms with Crippen molar-refractivity contribution in [2.75, 3.05) is 19.7 Å². The highest BCUT2D eigenvalue weighted by molar-refractivity contribution is 5.77. The van der Waals surface area contributed by atoms with E-state index in [0.717, 1.165) is 0 Å². The zero-order valence-corrected chi connectivity index (χ0v) is 11.6. The van der Waals surface area contributed by atoms with Gasteiger partial charge in [0.1, 0.15) is 6.61 Å². The van der Waals surface area contributed by atoms with Gasteiger partial charge in [-0.25, -0.2) is 0 Å². The molecule has 4 nitrogen and oxygen atoms in total. The zero-order chi connectivity index (χ0) is 14.8. The molecular formula is C13H21F3N2O2. The number of carbonyl (C=O) groups is 1. The maximum atomic E-state index is 12.7. The third-order valence-electron chi connectivity index (χ3n) is 4.05. The highest BCUT2D eigenvalue weighted by Gasteiger charge is 2.42. The third kappa shape index (κ3) is 4.09. The fraction of sp³-hybridized carbons (Fsp3) is 0.923. The minimum Gasteiger partial charge on any atom is -0.363 e. The highest BCUT2D eigenvalue weighted by Crippen LogP contribution is 2.37. The van der Waals surface area contributed by atoms with Crippen LogP contribution in [-0.2, 0) is 9.53 Å². The first kappa shape index (κ1) is 15.6. The van der Waals surface area contributed by atoms with E-state index in [1.165, 1.54) is 0 Å². The molecule has 1 aliphatic heterocycles. The van der Waals surface area contributed by atoms with Gasteiger partial charge in [-0.15, -0.1) is 0 Å². The average molecular weight is 294 g/mol. The predicted octanol–water partition coefficient (Wildman–Crippen LogP) is 1.60. The van der Waals surface area contributed by atoms with Crippen molar-refractivity contribution in [1.29, 1.82) is 0 Å². The van der Waals surface area contributed by atoms with Crippen LogP contribution in [0.3, 0.4) is 0 Å². The van der Waals surface area contributed by atoms with Crippen LogP contribution in [0.2, 0.25) is 0 Å². The molecule has 2 fully saturated rings. The smallest absolute Gasteiger partial charge is 0.363 e.